The van der Waals surface area contributed by atoms with E-state index in [4.69, 9.17) is 10.6 Å². The molecule has 1 unspecified atom stereocenters. The van der Waals surface area contributed by atoms with Gasteiger partial charge in [-0.15, -0.1) is 0 Å². The van der Waals surface area contributed by atoms with E-state index in [1.165, 1.54) is 20.6 Å². The van der Waals surface area contributed by atoms with E-state index >= 15 is 0 Å². The SMILES string of the molecule is CC1C(=O)[C@]2(CC[C@H](C)N3C[C@H]2n2cc(C(N)=O)c(=O)c(O)c2C3=O)ON1Cc1ccc(F)cc1F. The summed E-state index contributed by atoms with van der Waals surface area (Å²) >= 11 is 0. The second-order valence-corrected chi connectivity index (χ2v) is 9.53. The van der Waals surface area contributed by atoms with Crippen molar-refractivity contribution in [2.24, 2.45) is 5.73 Å². The molecule has 3 N–H and O–H groups in total. The van der Waals surface area contributed by atoms with Crippen LogP contribution in [0.3, 0.4) is 0 Å². The average Bonchev–Trinajstić information content (AvgIpc) is 2.97. The standard InChI is InChI=1S/C24H24F2N4O6/c1-11-5-6-24(21(33)12(2)30(36-24)8-13-3-4-14(25)7-16(13)26)17-10-28(11)23(35)18-20(32)19(31)15(22(27)34)9-29(17)18/h3-4,7,9,11-12,17,32H,5-6,8,10H2,1-2H3,(H2,27,34)/t11-,12?,17+,24+/m0/s1. The largest absolute Gasteiger partial charge is 0.503 e. The molecule has 0 saturated carbocycles. The molecular formula is C24H24F2N4O6. The number of nitrogens with zero attached hydrogens (tertiary/aromatic N) is 3. The predicted molar refractivity (Wildman–Crippen MR) is 120 cm³/mol. The first kappa shape index (κ1) is 24.1. The third-order valence-electron chi connectivity index (χ3n) is 7.50. The van der Waals surface area contributed by atoms with Gasteiger partial charge in [0.1, 0.15) is 17.2 Å². The summed E-state index contributed by atoms with van der Waals surface area (Å²) < 4.78 is 29.0. The molecule has 2 amide bonds. The molecule has 4 heterocycles. The van der Waals surface area contributed by atoms with Crippen molar-refractivity contribution < 1.29 is 33.1 Å². The van der Waals surface area contributed by atoms with E-state index in [1.807, 2.05) is 0 Å². The summed E-state index contributed by atoms with van der Waals surface area (Å²) in [6.45, 7) is 3.23. The number of pyridine rings is 1. The number of hydrogen-bond donors (Lipinski definition) is 2. The molecular weight excluding hydrogens is 478 g/mol. The first-order valence-electron chi connectivity index (χ1n) is 11.5. The van der Waals surface area contributed by atoms with Crippen LogP contribution in [0.5, 0.6) is 5.75 Å². The zero-order valence-electron chi connectivity index (χ0n) is 19.5. The number of rotatable bonds is 3. The first-order chi connectivity index (χ1) is 17.0. The van der Waals surface area contributed by atoms with Crippen LogP contribution in [0.1, 0.15) is 59.1 Å². The molecule has 1 aromatic heterocycles. The van der Waals surface area contributed by atoms with Crippen molar-refractivity contribution >= 4 is 17.6 Å². The summed E-state index contributed by atoms with van der Waals surface area (Å²) in [4.78, 5) is 59.2. The highest BCUT2D eigenvalue weighted by Crippen LogP contribution is 2.47. The maximum absolute atomic E-state index is 14.4. The van der Waals surface area contributed by atoms with Crippen molar-refractivity contribution in [1.29, 1.82) is 0 Å². The van der Waals surface area contributed by atoms with Gasteiger partial charge in [0.2, 0.25) is 5.43 Å². The highest BCUT2D eigenvalue weighted by molar-refractivity contribution is 6.00. The Morgan fingerprint density at radius 1 is 1.25 bits per heavy atom. The number of carbonyl (C=O) groups excluding carboxylic acids is 3. The number of carbonyl (C=O) groups is 3. The Hall–Kier alpha value is -3.64. The molecule has 190 valence electrons. The lowest BCUT2D eigenvalue weighted by Crippen LogP contribution is -2.54. The van der Waals surface area contributed by atoms with Crippen LogP contribution in [-0.2, 0) is 16.2 Å². The Labute approximate surface area is 203 Å². The van der Waals surface area contributed by atoms with Gasteiger partial charge in [-0.25, -0.2) is 8.78 Å². The van der Waals surface area contributed by atoms with Crippen molar-refractivity contribution in [3.63, 3.8) is 0 Å². The number of aromatic hydroxyl groups is 1. The molecule has 2 bridgehead atoms. The molecule has 1 spiro atoms. The fourth-order valence-corrected chi connectivity index (χ4v) is 5.44. The van der Waals surface area contributed by atoms with Crippen LogP contribution >= 0.6 is 0 Å². The number of halogens is 2. The summed E-state index contributed by atoms with van der Waals surface area (Å²) in [5.41, 5.74) is 1.93. The molecule has 3 aliphatic rings. The van der Waals surface area contributed by atoms with Crippen LogP contribution in [0, 0.1) is 11.6 Å². The van der Waals surface area contributed by atoms with Crippen LogP contribution < -0.4 is 11.2 Å². The van der Waals surface area contributed by atoms with E-state index in [0.29, 0.717) is 6.42 Å². The smallest absolute Gasteiger partial charge is 0.274 e. The Balaban J connectivity index is 1.64. The molecule has 12 heteroatoms. The van der Waals surface area contributed by atoms with Gasteiger partial charge >= 0.3 is 0 Å². The molecule has 10 nitrogen and oxygen atoms in total. The topological polar surface area (TPSA) is 135 Å². The second kappa shape index (κ2) is 8.20. The van der Waals surface area contributed by atoms with E-state index < -0.39 is 57.9 Å². The Morgan fingerprint density at radius 3 is 2.64 bits per heavy atom. The number of hydrogen-bond acceptors (Lipinski definition) is 7. The molecule has 0 radical (unpaired) electrons. The Kier molecular flexibility index (Phi) is 5.49. The van der Waals surface area contributed by atoms with Gasteiger partial charge in [0.05, 0.1) is 18.6 Å². The van der Waals surface area contributed by atoms with Crippen molar-refractivity contribution in [3.05, 3.63) is 63.1 Å². The number of aromatic nitrogens is 1. The van der Waals surface area contributed by atoms with Crippen molar-refractivity contribution in [2.45, 2.75) is 57.0 Å². The first-order valence-corrected chi connectivity index (χ1v) is 11.5. The maximum atomic E-state index is 14.4. The molecule has 5 rings (SSSR count). The van der Waals surface area contributed by atoms with Gasteiger partial charge in [0, 0.05) is 30.4 Å². The summed E-state index contributed by atoms with van der Waals surface area (Å²) in [7, 11) is 0. The molecule has 4 atom stereocenters. The normalized spacial score (nSPS) is 27.9. The van der Waals surface area contributed by atoms with E-state index in [0.717, 1.165) is 18.3 Å². The quantitative estimate of drug-likeness (QED) is 0.645. The fourth-order valence-electron chi connectivity index (χ4n) is 5.44. The Bertz CT molecular complexity index is 1380. The number of hydroxylamine groups is 2. The average molecular weight is 502 g/mol. The molecule has 2 aromatic rings. The van der Waals surface area contributed by atoms with Crippen molar-refractivity contribution in [1.82, 2.24) is 14.5 Å². The number of nitrogens with two attached hydrogens (primary N) is 1. The van der Waals surface area contributed by atoms with Crippen LogP contribution in [-0.4, -0.2) is 61.5 Å². The Morgan fingerprint density at radius 2 is 1.97 bits per heavy atom. The van der Waals surface area contributed by atoms with Gasteiger partial charge in [0.25, 0.3) is 11.8 Å². The number of benzene rings is 1. The molecule has 3 aliphatic heterocycles. The zero-order chi connectivity index (χ0) is 26.1. The number of amides is 2. The van der Waals surface area contributed by atoms with E-state index in [-0.39, 0.29) is 42.6 Å². The zero-order valence-corrected chi connectivity index (χ0v) is 19.5. The summed E-state index contributed by atoms with van der Waals surface area (Å²) in [6.07, 6.45) is 1.62. The summed E-state index contributed by atoms with van der Waals surface area (Å²) in [5, 5.41) is 11.9. The van der Waals surface area contributed by atoms with Gasteiger partial charge in [-0.3, -0.25) is 24.0 Å². The number of ketones is 1. The minimum Gasteiger partial charge on any atom is -0.503 e. The third kappa shape index (κ3) is 3.35. The van der Waals surface area contributed by atoms with Crippen LogP contribution in [0.15, 0.2) is 29.2 Å². The lowest BCUT2D eigenvalue weighted by atomic mass is 9.82. The van der Waals surface area contributed by atoms with Gasteiger partial charge in [-0.05, 0) is 32.8 Å². The molecule has 36 heavy (non-hydrogen) atoms. The van der Waals surface area contributed by atoms with Crippen LogP contribution in [0.4, 0.5) is 8.78 Å². The lowest BCUT2D eigenvalue weighted by Gasteiger charge is -2.41. The van der Waals surface area contributed by atoms with Gasteiger partial charge < -0.3 is 20.3 Å². The van der Waals surface area contributed by atoms with Crippen LogP contribution in [0.25, 0.3) is 0 Å². The van der Waals surface area contributed by atoms with Gasteiger partial charge in [-0.1, -0.05) is 6.07 Å². The minimum absolute atomic E-state index is 0.00468. The molecule has 1 aromatic carbocycles. The van der Waals surface area contributed by atoms with Crippen molar-refractivity contribution in [2.75, 3.05) is 6.54 Å². The third-order valence-corrected chi connectivity index (χ3v) is 7.50. The minimum atomic E-state index is -1.55. The monoisotopic (exact) mass is 502 g/mol. The number of fused-ring (bicyclic) bond motifs is 5. The predicted octanol–water partition coefficient (Wildman–Crippen LogP) is 1.25. The van der Waals surface area contributed by atoms with E-state index in [1.54, 1.807) is 13.8 Å². The maximum Gasteiger partial charge on any atom is 0.274 e. The molecule has 2 saturated heterocycles. The highest BCUT2D eigenvalue weighted by atomic mass is 19.1. The number of Topliss-reactive ketones (excluding diaryl/α,β-unsaturated/α-hetero) is 1. The summed E-state index contributed by atoms with van der Waals surface area (Å²) in [5.74, 6) is -4.52. The van der Waals surface area contributed by atoms with Gasteiger partial charge in [0.15, 0.2) is 22.8 Å². The highest BCUT2D eigenvalue weighted by Gasteiger charge is 2.61. The van der Waals surface area contributed by atoms with Gasteiger partial charge in [-0.2, -0.15) is 5.06 Å². The summed E-state index contributed by atoms with van der Waals surface area (Å²) in [6, 6.07) is 1.01. The lowest BCUT2D eigenvalue weighted by molar-refractivity contribution is -0.224. The van der Waals surface area contributed by atoms with Crippen LogP contribution in [0.2, 0.25) is 0 Å². The molecule has 2 fully saturated rings. The van der Waals surface area contributed by atoms with E-state index in [2.05, 4.69) is 0 Å². The fraction of sp³-hybridized carbons (Fsp3) is 0.417. The van der Waals surface area contributed by atoms with E-state index in [9.17, 15) is 33.1 Å². The second-order valence-electron chi connectivity index (χ2n) is 9.53. The molecule has 0 aliphatic carbocycles. The number of primary amides is 1. The van der Waals surface area contributed by atoms with Crippen molar-refractivity contribution in [3.8, 4) is 5.75 Å².